The number of carbonyl (C=O) groups is 2. The van der Waals surface area contributed by atoms with Gasteiger partial charge in [0.1, 0.15) is 5.58 Å². The van der Waals surface area contributed by atoms with Gasteiger partial charge >= 0.3 is 5.97 Å². The lowest BCUT2D eigenvalue weighted by atomic mass is 10.3. The molecule has 72 valence electrons. The maximum atomic E-state index is 9.00. The number of carboxylic acids is 1. The molecule has 0 aliphatic carbocycles. The maximum absolute atomic E-state index is 9.00. The van der Waals surface area contributed by atoms with Crippen LogP contribution >= 0.6 is 0 Å². The third-order valence-electron chi connectivity index (χ3n) is 1.46. The van der Waals surface area contributed by atoms with Gasteiger partial charge in [-0.15, -0.1) is 0 Å². The van der Waals surface area contributed by atoms with Gasteiger partial charge in [-0.1, -0.05) is 18.2 Å². The summed E-state index contributed by atoms with van der Waals surface area (Å²) in [5.74, 6) is -1.43. The number of carbonyl (C=O) groups excluding carboxylic acids is 1. The van der Waals surface area contributed by atoms with Gasteiger partial charge in [-0.3, -0.25) is 4.79 Å². The fraction of sp³-hybridized carbons (Fsp3) is 0. The minimum atomic E-state index is -1.43. The van der Waals surface area contributed by atoms with Gasteiger partial charge in [0.25, 0.3) is 0 Å². The molecule has 1 aromatic carbocycles. The average molecular weight is 192 g/mol. The van der Waals surface area contributed by atoms with Crippen molar-refractivity contribution in [2.75, 3.05) is 0 Å². The lowest BCUT2D eigenvalue weighted by Crippen LogP contribution is -1.91. The molecule has 0 spiro atoms. The van der Waals surface area contributed by atoms with E-state index < -0.39 is 5.97 Å². The Morgan fingerprint density at radius 3 is 2.50 bits per heavy atom. The first-order valence-corrected chi connectivity index (χ1v) is 3.84. The number of furan rings is 1. The summed E-state index contributed by atoms with van der Waals surface area (Å²) in [6, 6.07) is 9.90. The van der Waals surface area contributed by atoms with Crippen LogP contribution in [0.4, 0.5) is 0 Å². The lowest BCUT2D eigenvalue weighted by molar-refractivity contribution is -0.143. The van der Waals surface area contributed by atoms with Crippen molar-refractivity contribution in [3.05, 3.63) is 36.6 Å². The molecule has 1 aromatic heterocycles. The standard InChI is InChI=1S/C8H6O.C2H2O3/c1-2-4-8-7(3-1)5-6-9-8;3-1-2(4)5/h1-6H;1H,(H,4,5). The van der Waals surface area contributed by atoms with Crippen LogP contribution in [-0.2, 0) is 9.59 Å². The Labute approximate surface area is 79.8 Å². The zero-order valence-corrected chi connectivity index (χ0v) is 7.21. The molecule has 0 atom stereocenters. The molecule has 0 bridgehead atoms. The summed E-state index contributed by atoms with van der Waals surface area (Å²) >= 11 is 0. The molecule has 0 saturated heterocycles. The van der Waals surface area contributed by atoms with Crippen molar-refractivity contribution in [1.82, 2.24) is 0 Å². The first-order chi connectivity index (χ1) is 6.74. The third-order valence-corrected chi connectivity index (χ3v) is 1.46. The Kier molecular flexibility index (Phi) is 3.43. The van der Waals surface area contributed by atoms with Crippen molar-refractivity contribution in [2.45, 2.75) is 0 Å². The van der Waals surface area contributed by atoms with Gasteiger partial charge in [0.05, 0.1) is 6.26 Å². The second-order valence-corrected chi connectivity index (χ2v) is 2.41. The molecule has 14 heavy (non-hydrogen) atoms. The molecule has 2 aromatic rings. The van der Waals surface area contributed by atoms with Gasteiger partial charge < -0.3 is 9.52 Å². The summed E-state index contributed by atoms with van der Waals surface area (Å²) in [7, 11) is 0. The Bertz CT molecular complexity index is 400. The Hall–Kier alpha value is -2.10. The fourth-order valence-corrected chi connectivity index (χ4v) is 0.906. The van der Waals surface area contributed by atoms with Crippen LogP contribution in [-0.4, -0.2) is 17.4 Å². The summed E-state index contributed by atoms with van der Waals surface area (Å²) < 4.78 is 5.12. The second kappa shape index (κ2) is 4.81. The number of fused-ring (bicyclic) bond motifs is 1. The highest BCUT2D eigenvalue weighted by molar-refractivity contribution is 6.19. The molecule has 4 heteroatoms. The second-order valence-electron chi connectivity index (χ2n) is 2.41. The number of carboxylic acid groups (broad SMARTS) is 1. The third kappa shape index (κ3) is 2.75. The van der Waals surface area contributed by atoms with Crippen LogP contribution < -0.4 is 0 Å². The predicted molar refractivity (Wildman–Crippen MR) is 49.9 cm³/mol. The summed E-state index contributed by atoms with van der Waals surface area (Å²) in [5, 5.41) is 8.52. The van der Waals surface area contributed by atoms with Crippen LogP contribution in [0, 0.1) is 0 Å². The summed E-state index contributed by atoms with van der Waals surface area (Å²) in [4.78, 5) is 17.9. The van der Waals surface area contributed by atoms with Crippen LogP contribution in [0.2, 0.25) is 0 Å². The van der Waals surface area contributed by atoms with E-state index in [1.807, 2.05) is 30.3 Å². The molecule has 0 amide bonds. The molecule has 2 rings (SSSR count). The lowest BCUT2D eigenvalue weighted by Gasteiger charge is -1.81. The largest absolute Gasteiger partial charge is 0.476 e. The minimum absolute atomic E-state index is 0.167. The zero-order chi connectivity index (χ0) is 10.4. The van der Waals surface area contributed by atoms with Gasteiger partial charge in [-0.05, 0) is 12.1 Å². The van der Waals surface area contributed by atoms with Gasteiger partial charge in [0, 0.05) is 5.39 Å². The van der Waals surface area contributed by atoms with E-state index in [9.17, 15) is 0 Å². The van der Waals surface area contributed by atoms with Crippen LogP contribution in [0.15, 0.2) is 41.0 Å². The highest BCUT2D eigenvalue weighted by Gasteiger charge is 1.89. The smallest absolute Gasteiger partial charge is 0.368 e. The van der Waals surface area contributed by atoms with Crippen molar-refractivity contribution < 1.29 is 19.1 Å². The van der Waals surface area contributed by atoms with Gasteiger partial charge in [0.15, 0.2) is 0 Å². The molecule has 1 N–H and O–H groups in total. The Balaban J connectivity index is 0.000000171. The van der Waals surface area contributed by atoms with E-state index in [-0.39, 0.29) is 6.29 Å². The molecule has 1 heterocycles. The van der Waals surface area contributed by atoms with E-state index in [0.717, 1.165) is 11.0 Å². The van der Waals surface area contributed by atoms with Gasteiger partial charge in [-0.25, -0.2) is 4.79 Å². The van der Waals surface area contributed by atoms with Gasteiger partial charge in [0.2, 0.25) is 6.29 Å². The van der Waals surface area contributed by atoms with E-state index >= 15 is 0 Å². The average Bonchev–Trinajstić information content (AvgIpc) is 2.66. The normalized spacial score (nSPS) is 8.86. The first kappa shape index (κ1) is 9.98. The molecule has 0 fully saturated rings. The molecular formula is C10H8O4. The van der Waals surface area contributed by atoms with E-state index in [4.69, 9.17) is 19.1 Å². The first-order valence-electron chi connectivity index (χ1n) is 3.84. The molecule has 4 nitrogen and oxygen atoms in total. The zero-order valence-electron chi connectivity index (χ0n) is 7.21. The van der Waals surface area contributed by atoms with E-state index in [1.54, 1.807) is 6.26 Å². The number of rotatable bonds is 1. The number of hydrogen-bond acceptors (Lipinski definition) is 3. The summed E-state index contributed by atoms with van der Waals surface area (Å²) in [6.07, 6.45) is 1.53. The quantitative estimate of drug-likeness (QED) is 0.551. The molecule has 0 aliphatic rings. The number of aliphatic carboxylic acids is 1. The van der Waals surface area contributed by atoms with Crippen molar-refractivity contribution in [2.24, 2.45) is 0 Å². The summed E-state index contributed by atoms with van der Waals surface area (Å²) in [5.41, 5.74) is 0.956. The molecule has 0 aliphatic heterocycles. The Morgan fingerprint density at radius 1 is 1.29 bits per heavy atom. The predicted octanol–water partition coefficient (Wildman–Crippen LogP) is 1.70. The van der Waals surface area contributed by atoms with E-state index in [0.29, 0.717) is 0 Å². The number of hydrogen-bond donors (Lipinski definition) is 1. The van der Waals surface area contributed by atoms with Gasteiger partial charge in [-0.2, -0.15) is 0 Å². The number of para-hydroxylation sites is 1. The van der Waals surface area contributed by atoms with Crippen molar-refractivity contribution in [3.63, 3.8) is 0 Å². The molecule has 0 unspecified atom stereocenters. The Morgan fingerprint density at radius 2 is 1.93 bits per heavy atom. The molecule has 0 radical (unpaired) electrons. The van der Waals surface area contributed by atoms with Crippen molar-refractivity contribution in [1.29, 1.82) is 0 Å². The van der Waals surface area contributed by atoms with Crippen LogP contribution in [0.5, 0.6) is 0 Å². The van der Waals surface area contributed by atoms with Crippen LogP contribution in [0.25, 0.3) is 11.0 Å². The van der Waals surface area contributed by atoms with E-state index in [2.05, 4.69) is 0 Å². The number of aldehydes is 1. The maximum Gasteiger partial charge on any atom is 0.368 e. The van der Waals surface area contributed by atoms with Crippen LogP contribution in [0.1, 0.15) is 0 Å². The SMILES string of the molecule is O=CC(=O)O.c1ccc2occc2c1. The fourth-order valence-electron chi connectivity index (χ4n) is 0.906. The summed E-state index contributed by atoms with van der Waals surface area (Å²) in [6.45, 7) is 0. The minimum Gasteiger partial charge on any atom is -0.476 e. The molecule has 0 saturated carbocycles. The van der Waals surface area contributed by atoms with Crippen molar-refractivity contribution >= 4 is 23.2 Å². The highest BCUT2D eigenvalue weighted by atomic mass is 16.4. The highest BCUT2D eigenvalue weighted by Crippen LogP contribution is 2.12. The topological polar surface area (TPSA) is 67.5 Å². The van der Waals surface area contributed by atoms with Crippen LogP contribution in [0.3, 0.4) is 0 Å². The number of benzene rings is 1. The molecular weight excluding hydrogens is 184 g/mol. The van der Waals surface area contributed by atoms with Crippen molar-refractivity contribution in [3.8, 4) is 0 Å². The monoisotopic (exact) mass is 192 g/mol. The van der Waals surface area contributed by atoms with E-state index in [1.165, 1.54) is 0 Å².